The molecule has 2 aromatic carbocycles. The van der Waals surface area contributed by atoms with Crippen molar-refractivity contribution in [1.82, 2.24) is 5.43 Å². The highest BCUT2D eigenvalue weighted by molar-refractivity contribution is 9.11. The zero-order chi connectivity index (χ0) is 22.4. The highest BCUT2D eigenvalue weighted by atomic mass is 79.9. The van der Waals surface area contributed by atoms with E-state index in [0.717, 1.165) is 4.47 Å². The molecule has 0 spiro atoms. The number of carbonyl (C=O) groups excluding carboxylic acids is 1. The second kappa shape index (κ2) is 10.3. The highest BCUT2D eigenvalue weighted by Crippen LogP contribution is 2.46. The third kappa shape index (κ3) is 4.82. The Kier molecular flexibility index (Phi) is 8.00. The second-order valence-corrected chi connectivity index (χ2v) is 7.28. The van der Waals surface area contributed by atoms with Crippen LogP contribution < -0.4 is 24.4 Å². The molecule has 0 unspecified atom stereocenters. The van der Waals surface area contributed by atoms with Crippen molar-refractivity contribution in [2.45, 2.75) is 0 Å². The average molecular weight is 547 g/mol. The maximum Gasteiger partial charge on any atom is 0.327 e. The van der Waals surface area contributed by atoms with Crippen LogP contribution in [-0.2, 0) is 0 Å². The minimum atomic E-state index is -0.842. The van der Waals surface area contributed by atoms with E-state index in [2.05, 4.69) is 42.4 Å². The predicted octanol–water partition coefficient (Wildman–Crippen LogP) is 3.92. The normalized spacial score (nSPS) is 10.6. The summed E-state index contributed by atoms with van der Waals surface area (Å²) in [6.45, 7) is 0. The van der Waals surface area contributed by atoms with Crippen LogP contribution in [0.3, 0.4) is 0 Å². The van der Waals surface area contributed by atoms with Crippen LogP contribution in [0.5, 0.6) is 23.0 Å². The summed E-state index contributed by atoms with van der Waals surface area (Å²) in [5.41, 5.74) is 1.93. The van der Waals surface area contributed by atoms with Crippen molar-refractivity contribution in [2.24, 2.45) is 5.10 Å². The minimum Gasteiger partial charge on any atom is -0.495 e. The van der Waals surface area contributed by atoms with E-state index in [1.807, 2.05) is 0 Å². The Morgan fingerprint density at radius 1 is 1.03 bits per heavy atom. The van der Waals surface area contributed by atoms with Crippen LogP contribution in [0.25, 0.3) is 0 Å². The average Bonchev–Trinajstić information content (AvgIpc) is 2.71. The van der Waals surface area contributed by atoms with Crippen molar-refractivity contribution in [3.05, 3.63) is 48.4 Å². The molecule has 0 radical (unpaired) electrons. The van der Waals surface area contributed by atoms with Gasteiger partial charge >= 0.3 is 5.69 Å². The van der Waals surface area contributed by atoms with Gasteiger partial charge in [0, 0.05) is 16.1 Å². The summed E-state index contributed by atoms with van der Waals surface area (Å²) < 4.78 is 22.1. The molecule has 0 saturated carbocycles. The van der Waals surface area contributed by atoms with E-state index in [1.165, 1.54) is 40.7 Å². The molecular formula is C18H17Br2N3O7. The van der Waals surface area contributed by atoms with Crippen LogP contribution in [0.2, 0.25) is 0 Å². The van der Waals surface area contributed by atoms with Gasteiger partial charge in [0.25, 0.3) is 5.91 Å². The summed E-state index contributed by atoms with van der Waals surface area (Å²) in [5.74, 6) is -0.504. The van der Waals surface area contributed by atoms with Gasteiger partial charge in [0.05, 0.1) is 44.0 Å². The fourth-order valence-electron chi connectivity index (χ4n) is 2.61. The zero-order valence-electron chi connectivity index (χ0n) is 16.3. The fourth-order valence-corrected chi connectivity index (χ4v) is 4.03. The van der Waals surface area contributed by atoms with Gasteiger partial charge < -0.3 is 18.9 Å². The van der Waals surface area contributed by atoms with Gasteiger partial charge in [-0.2, -0.15) is 5.10 Å². The van der Waals surface area contributed by atoms with Gasteiger partial charge in [0.2, 0.25) is 11.5 Å². The number of nitro benzene ring substituents is 1. The summed E-state index contributed by atoms with van der Waals surface area (Å²) >= 11 is 6.72. The van der Waals surface area contributed by atoms with Crippen molar-refractivity contribution in [3.8, 4) is 23.0 Å². The number of carbonyl (C=O) groups is 1. The van der Waals surface area contributed by atoms with Crippen molar-refractivity contribution >= 4 is 49.7 Å². The van der Waals surface area contributed by atoms with Crippen LogP contribution in [0.15, 0.2) is 32.2 Å². The van der Waals surface area contributed by atoms with Crippen molar-refractivity contribution in [2.75, 3.05) is 28.4 Å². The summed E-state index contributed by atoms with van der Waals surface area (Å²) in [6, 6.07) is 4.69. The number of rotatable bonds is 8. The van der Waals surface area contributed by atoms with Crippen LogP contribution in [-0.4, -0.2) is 45.5 Å². The van der Waals surface area contributed by atoms with Crippen molar-refractivity contribution in [3.63, 3.8) is 0 Å². The van der Waals surface area contributed by atoms with Crippen LogP contribution in [0.1, 0.15) is 15.9 Å². The Morgan fingerprint density at radius 2 is 1.67 bits per heavy atom. The predicted molar refractivity (Wildman–Crippen MR) is 116 cm³/mol. The summed E-state index contributed by atoms with van der Waals surface area (Å²) in [5, 5.41) is 15.5. The number of hydrazone groups is 1. The molecule has 0 fully saturated rings. The molecule has 0 aromatic heterocycles. The van der Waals surface area contributed by atoms with Crippen molar-refractivity contribution < 1.29 is 28.7 Å². The topological polar surface area (TPSA) is 122 Å². The van der Waals surface area contributed by atoms with Gasteiger partial charge in [-0.15, -0.1) is 0 Å². The first-order valence-electron chi connectivity index (χ1n) is 8.12. The second-order valence-electron chi connectivity index (χ2n) is 5.51. The van der Waals surface area contributed by atoms with E-state index in [4.69, 9.17) is 18.9 Å². The van der Waals surface area contributed by atoms with Crippen LogP contribution in [0, 0.1) is 10.1 Å². The van der Waals surface area contributed by atoms with E-state index in [9.17, 15) is 14.9 Å². The third-order valence-corrected chi connectivity index (χ3v) is 4.89. The number of hydrogen-bond acceptors (Lipinski definition) is 8. The molecule has 0 saturated heterocycles. The van der Waals surface area contributed by atoms with Gasteiger partial charge in [-0.25, -0.2) is 5.43 Å². The third-order valence-electron chi connectivity index (χ3n) is 3.84. The summed E-state index contributed by atoms with van der Waals surface area (Å²) in [7, 11) is 5.35. The van der Waals surface area contributed by atoms with E-state index < -0.39 is 16.5 Å². The Labute approximate surface area is 188 Å². The molecule has 1 N–H and O–H groups in total. The quantitative estimate of drug-likeness (QED) is 0.302. The Morgan fingerprint density at radius 3 is 2.20 bits per heavy atom. The highest BCUT2D eigenvalue weighted by Gasteiger charge is 2.32. The van der Waals surface area contributed by atoms with Crippen molar-refractivity contribution in [1.29, 1.82) is 0 Å². The molecule has 0 heterocycles. The summed E-state index contributed by atoms with van der Waals surface area (Å²) in [4.78, 5) is 23.5. The zero-order valence-corrected chi connectivity index (χ0v) is 19.5. The fraction of sp³-hybridized carbons (Fsp3) is 0.222. The number of nitrogens with one attached hydrogen (secondary N) is 1. The number of nitro groups is 1. The Bertz CT molecular complexity index is 1010. The molecule has 2 rings (SSSR count). The lowest BCUT2D eigenvalue weighted by molar-refractivity contribution is -0.386. The lowest BCUT2D eigenvalue weighted by Crippen LogP contribution is -2.20. The molecular weight excluding hydrogens is 530 g/mol. The monoisotopic (exact) mass is 545 g/mol. The number of ether oxygens (including phenoxy) is 4. The van der Waals surface area contributed by atoms with E-state index >= 15 is 0 Å². The lowest BCUT2D eigenvalue weighted by Gasteiger charge is -2.14. The van der Waals surface area contributed by atoms with E-state index in [1.54, 1.807) is 12.1 Å². The first-order valence-corrected chi connectivity index (χ1v) is 9.71. The Balaban J connectivity index is 2.45. The number of benzene rings is 2. The first kappa shape index (κ1) is 23.4. The number of halogens is 2. The number of amides is 1. The maximum absolute atomic E-state index is 12.7. The molecule has 0 atom stereocenters. The number of methoxy groups -OCH3 is 4. The lowest BCUT2D eigenvalue weighted by atomic mass is 10.1. The van der Waals surface area contributed by atoms with E-state index in [0.29, 0.717) is 15.8 Å². The standard InChI is InChI=1S/C18H17Br2N3O7/c1-27-13-7-11(14(23(25)26)17(30-4)16(13)29-3)18(24)22-21-8-9-5-10(19)6-12(20)15(9)28-2/h5-8H,1-4H3,(H,22,24)/b21-8+. The van der Waals surface area contributed by atoms with Gasteiger partial charge in [-0.1, -0.05) is 15.9 Å². The number of nitrogens with zero attached hydrogens (tertiary/aromatic N) is 2. The molecule has 2 aromatic rings. The van der Waals surface area contributed by atoms with E-state index in [-0.39, 0.29) is 22.8 Å². The van der Waals surface area contributed by atoms with Gasteiger partial charge in [0.15, 0.2) is 5.75 Å². The number of hydrogen-bond donors (Lipinski definition) is 1. The summed E-state index contributed by atoms with van der Waals surface area (Å²) in [6.07, 6.45) is 1.34. The minimum absolute atomic E-state index is 0.00419. The van der Waals surface area contributed by atoms with Crippen LogP contribution in [0.4, 0.5) is 5.69 Å². The van der Waals surface area contributed by atoms with Crippen LogP contribution >= 0.6 is 31.9 Å². The molecule has 160 valence electrons. The SMILES string of the molecule is COc1cc(C(=O)N/N=C/c2cc(Br)cc(Br)c2OC)c([N+](=O)[O-])c(OC)c1OC. The Hall–Kier alpha value is -2.86. The molecule has 0 aliphatic rings. The molecule has 1 amide bonds. The molecule has 0 aliphatic carbocycles. The van der Waals surface area contributed by atoms with Gasteiger partial charge in [0.1, 0.15) is 11.3 Å². The maximum atomic E-state index is 12.7. The molecule has 12 heteroatoms. The van der Waals surface area contributed by atoms with Gasteiger partial charge in [-0.05, 0) is 28.1 Å². The molecule has 10 nitrogen and oxygen atoms in total. The smallest absolute Gasteiger partial charge is 0.327 e. The first-order chi connectivity index (χ1) is 14.3. The largest absolute Gasteiger partial charge is 0.495 e. The molecule has 0 aliphatic heterocycles. The van der Waals surface area contributed by atoms with Gasteiger partial charge in [-0.3, -0.25) is 14.9 Å². The molecule has 0 bridgehead atoms. The molecule has 30 heavy (non-hydrogen) atoms.